The van der Waals surface area contributed by atoms with Crippen molar-refractivity contribution in [3.63, 3.8) is 0 Å². The highest BCUT2D eigenvalue weighted by atomic mass is 16.5. The predicted molar refractivity (Wildman–Crippen MR) is 132 cm³/mol. The molecule has 1 aliphatic rings. The Morgan fingerprint density at radius 3 is 2.53 bits per heavy atom. The maximum Gasteiger partial charge on any atom is 0.341 e. The maximum atomic E-state index is 13.3. The number of aliphatic carboxylic acids is 1. The summed E-state index contributed by atoms with van der Waals surface area (Å²) < 4.78 is 10.6. The van der Waals surface area contributed by atoms with Crippen LogP contribution in [0.3, 0.4) is 0 Å². The van der Waals surface area contributed by atoms with Gasteiger partial charge in [-0.3, -0.25) is 19.7 Å². The largest absolute Gasteiger partial charge is 0.504 e. The number of carboxylic acid groups (broad SMARTS) is 1. The van der Waals surface area contributed by atoms with Crippen LogP contribution in [0.4, 0.5) is 0 Å². The van der Waals surface area contributed by atoms with Crippen molar-refractivity contribution in [1.29, 1.82) is 0 Å². The minimum absolute atomic E-state index is 0.0363. The van der Waals surface area contributed by atoms with E-state index in [2.05, 4.69) is 22.0 Å². The van der Waals surface area contributed by atoms with E-state index in [1.165, 1.54) is 37.4 Å². The number of dihydropyridines is 1. The van der Waals surface area contributed by atoms with E-state index in [1.54, 1.807) is 6.08 Å². The summed E-state index contributed by atoms with van der Waals surface area (Å²) >= 11 is 0. The number of amides is 2. The van der Waals surface area contributed by atoms with Crippen molar-refractivity contribution < 1.29 is 38.9 Å². The molecule has 1 unspecified atom stereocenters. The number of hydrogen-bond donors (Lipinski definition) is 6. The zero-order valence-electron chi connectivity index (χ0n) is 19.9. The molecule has 2 heterocycles. The standard InChI is InChI=1S/C26H21N3O9/c1-13-22(24(34)17-10-18(30)19(31)11-20(17)38-13)25(35)29-23(26(36)28-15-6-8-27-9-7-15)14-2-4-16(5-3-14)37-12-21(32)33/h2-6,9-11,23,27H,8,12H2,1H3,(H4-,28,29,30,31,32,33,34,35,36)/p+1. The third-order valence-corrected chi connectivity index (χ3v) is 5.52. The van der Waals surface area contributed by atoms with Crippen LogP contribution >= 0.6 is 0 Å². The summed E-state index contributed by atoms with van der Waals surface area (Å²) in [5, 5.41) is 36.3. The topological polar surface area (TPSA) is 187 Å². The molecule has 0 fully saturated rings. The minimum atomic E-state index is -1.30. The van der Waals surface area contributed by atoms with Gasteiger partial charge in [0.25, 0.3) is 17.5 Å². The summed E-state index contributed by atoms with van der Waals surface area (Å²) in [6.07, 6.45) is 6.01. The number of phenolic OH excluding ortho intramolecular Hbond substituents is 2. The summed E-state index contributed by atoms with van der Waals surface area (Å²) in [6, 6.07) is 6.55. The van der Waals surface area contributed by atoms with Crippen LogP contribution in [0.15, 0.2) is 63.6 Å². The van der Waals surface area contributed by atoms with Crippen molar-refractivity contribution in [2.45, 2.75) is 13.0 Å². The third kappa shape index (κ3) is 5.55. The monoisotopic (exact) mass is 520 g/mol. The Bertz CT molecular complexity index is 1540. The molecule has 1 aliphatic heterocycles. The first-order chi connectivity index (χ1) is 18.1. The molecule has 2 aromatic carbocycles. The smallest absolute Gasteiger partial charge is 0.341 e. The summed E-state index contributed by atoms with van der Waals surface area (Å²) in [5.74, 6) is -3.63. The molecule has 1 aromatic heterocycles. The molecule has 0 aliphatic carbocycles. The zero-order chi connectivity index (χ0) is 27.4. The molecule has 12 heteroatoms. The van der Waals surface area contributed by atoms with Crippen LogP contribution in [0.5, 0.6) is 17.2 Å². The van der Waals surface area contributed by atoms with Crippen molar-refractivity contribution in [1.82, 2.24) is 16.0 Å². The fraction of sp³-hybridized carbons (Fsp3) is 0.154. The van der Waals surface area contributed by atoms with Gasteiger partial charge in [-0.1, -0.05) is 12.1 Å². The van der Waals surface area contributed by atoms with Crippen molar-refractivity contribution in [2.75, 3.05) is 13.2 Å². The SMILES string of the molecule is Cc1oc2cc(O)c(O)cc2c(=O)c1C(=O)NC(C(=O)NC1=CCNC=[C+]1)c1ccc(OCC(=O)O)cc1. The van der Waals surface area contributed by atoms with Crippen molar-refractivity contribution >= 4 is 28.8 Å². The lowest BCUT2D eigenvalue weighted by Gasteiger charge is -2.19. The number of ether oxygens (including phenoxy) is 1. The molecule has 0 bridgehead atoms. The Balaban J connectivity index is 1.68. The molecule has 12 nitrogen and oxygen atoms in total. The van der Waals surface area contributed by atoms with Crippen LogP contribution < -0.4 is 26.1 Å². The number of carbonyl (C=O) groups excluding carboxylic acids is 2. The fourth-order valence-corrected chi connectivity index (χ4v) is 3.70. The second-order valence-corrected chi connectivity index (χ2v) is 8.16. The molecular weight excluding hydrogens is 498 g/mol. The second-order valence-electron chi connectivity index (χ2n) is 8.16. The lowest BCUT2D eigenvalue weighted by Crippen LogP contribution is -2.41. The normalized spacial score (nSPS) is 13.0. The number of allylic oxidation sites excluding steroid dienone is 1. The van der Waals surface area contributed by atoms with Gasteiger partial charge in [-0.05, 0) is 30.7 Å². The van der Waals surface area contributed by atoms with E-state index >= 15 is 0 Å². The van der Waals surface area contributed by atoms with E-state index in [0.717, 1.165) is 12.1 Å². The van der Waals surface area contributed by atoms with Gasteiger partial charge >= 0.3 is 5.97 Å². The van der Waals surface area contributed by atoms with E-state index in [-0.39, 0.29) is 22.5 Å². The van der Waals surface area contributed by atoms with Crippen LogP contribution in [0, 0.1) is 13.0 Å². The van der Waals surface area contributed by atoms with Crippen LogP contribution in [-0.4, -0.2) is 46.3 Å². The number of nitrogens with one attached hydrogen (secondary N) is 3. The summed E-state index contributed by atoms with van der Waals surface area (Å²) in [5.41, 5.74) is -0.529. The van der Waals surface area contributed by atoms with E-state index in [0.29, 0.717) is 17.8 Å². The van der Waals surface area contributed by atoms with Crippen LogP contribution in [-0.2, 0) is 9.59 Å². The van der Waals surface area contributed by atoms with Crippen LogP contribution in [0.25, 0.3) is 11.0 Å². The van der Waals surface area contributed by atoms with Crippen molar-refractivity contribution in [2.24, 2.45) is 0 Å². The van der Waals surface area contributed by atoms with Gasteiger partial charge < -0.3 is 35.1 Å². The van der Waals surface area contributed by atoms with E-state index in [1.807, 2.05) is 0 Å². The number of carbonyl (C=O) groups is 3. The Labute approximate surface area is 214 Å². The van der Waals surface area contributed by atoms with Gasteiger partial charge in [0, 0.05) is 6.07 Å². The Kier molecular flexibility index (Phi) is 7.26. The number of aryl methyl sites for hydroxylation is 1. The average molecular weight is 520 g/mol. The molecule has 6 N–H and O–H groups in total. The summed E-state index contributed by atoms with van der Waals surface area (Å²) in [7, 11) is 0. The van der Waals surface area contributed by atoms with Gasteiger partial charge in [-0.25, -0.2) is 4.79 Å². The molecular formula is C26H22N3O9+. The number of rotatable bonds is 8. The molecule has 4 rings (SSSR count). The molecule has 1 atom stereocenters. The molecule has 0 saturated heterocycles. The predicted octanol–water partition coefficient (Wildman–Crippen LogP) is 1.37. The van der Waals surface area contributed by atoms with E-state index in [9.17, 15) is 29.4 Å². The van der Waals surface area contributed by atoms with Gasteiger partial charge in [0.2, 0.25) is 5.43 Å². The summed E-state index contributed by atoms with van der Waals surface area (Å²) in [4.78, 5) is 50.4. The molecule has 38 heavy (non-hydrogen) atoms. The first-order valence-electron chi connectivity index (χ1n) is 11.2. The highest BCUT2D eigenvalue weighted by molar-refractivity contribution is 6.01. The Morgan fingerprint density at radius 2 is 1.87 bits per heavy atom. The fourth-order valence-electron chi connectivity index (χ4n) is 3.70. The molecule has 0 radical (unpaired) electrons. The summed E-state index contributed by atoms with van der Waals surface area (Å²) in [6.45, 7) is 1.27. The van der Waals surface area contributed by atoms with Crippen LogP contribution in [0.2, 0.25) is 0 Å². The molecule has 0 saturated carbocycles. The minimum Gasteiger partial charge on any atom is -0.504 e. The van der Waals surface area contributed by atoms with Crippen LogP contribution in [0.1, 0.15) is 27.7 Å². The molecule has 194 valence electrons. The Morgan fingerprint density at radius 1 is 1.16 bits per heavy atom. The zero-order valence-corrected chi connectivity index (χ0v) is 19.9. The van der Waals surface area contributed by atoms with Gasteiger partial charge in [-0.2, -0.15) is 0 Å². The van der Waals surface area contributed by atoms with Gasteiger partial charge in [0.15, 0.2) is 18.1 Å². The van der Waals surface area contributed by atoms with Crippen molar-refractivity contribution in [3.05, 3.63) is 87.6 Å². The average Bonchev–Trinajstić information content (AvgIpc) is 2.88. The maximum absolute atomic E-state index is 13.3. The number of phenols is 2. The molecule has 0 spiro atoms. The lowest BCUT2D eigenvalue weighted by atomic mass is 10.0. The molecule has 2 amide bonds. The number of aromatic hydroxyl groups is 2. The number of benzene rings is 2. The second kappa shape index (κ2) is 10.7. The number of hydrogen-bond acceptors (Lipinski definition) is 9. The highest BCUT2D eigenvalue weighted by Gasteiger charge is 2.29. The van der Waals surface area contributed by atoms with Gasteiger partial charge in [-0.15, -0.1) is 0 Å². The van der Waals surface area contributed by atoms with Crippen molar-refractivity contribution in [3.8, 4) is 17.2 Å². The Hall–Kier alpha value is -5.35. The molecule has 3 aromatic rings. The van der Waals surface area contributed by atoms with E-state index < -0.39 is 52.9 Å². The third-order valence-electron chi connectivity index (χ3n) is 5.52. The van der Waals surface area contributed by atoms with Gasteiger partial charge in [0.05, 0.1) is 11.5 Å². The quantitative estimate of drug-likeness (QED) is 0.187. The van der Waals surface area contributed by atoms with Gasteiger partial charge in [0.1, 0.15) is 47.5 Å². The number of fused-ring (bicyclic) bond motifs is 1. The first kappa shape index (κ1) is 25.7. The highest BCUT2D eigenvalue weighted by Crippen LogP contribution is 2.30. The lowest BCUT2D eigenvalue weighted by molar-refractivity contribution is -0.139. The number of carboxylic acids is 1. The van der Waals surface area contributed by atoms with E-state index in [4.69, 9.17) is 14.3 Å². The first-order valence-corrected chi connectivity index (χ1v) is 11.2.